The molecule has 0 N–H and O–H groups in total. The third kappa shape index (κ3) is 5.78. The van der Waals surface area contributed by atoms with E-state index in [1.807, 2.05) is 0 Å². The highest BCUT2D eigenvalue weighted by Gasteiger charge is 1.78. The fourth-order valence-corrected chi connectivity index (χ4v) is 0.372. The van der Waals surface area contributed by atoms with Crippen LogP contribution in [0.25, 0.3) is 0 Å². The van der Waals surface area contributed by atoms with Crippen LogP contribution in [0, 0.1) is 0 Å². The number of rotatable bonds is 4. The lowest BCUT2D eigenvalue weighted by molar-refractivity contribution is 0.145. The Bertz CT molecular complexity index is 47.4. The third-order valence-electron chi connectivity index (χ3n) is 0.473. The summed E-state index contributed by atoms with van der Waals surface area (Å²) in [7, 11) is 0.524. The van der Waals surface area contributed by atoms with E-state index in [4.69, 9.17) is 0 Å². The average Bonchev–Trinajstić information content (AvgIpc) is 1.69. The van der Waals surface area contributed by atoms with Gasteiger partial charge in [0, 0.05) is 7.11 Å². The van der Waals surface area contributed by atoms with Gasteiger partial charge in [0.1, 0.15) is 0 Å². The summed E-state index contributed by atoms with van der Waals surface area (Å²) in [5, 5.41) is 0. The van der Waals surface area contributed by atoms with Crippen molar-refractivity contribution in [3.63, 3.8) is 0 Å². The average molecular weight is 120 g/mol. The third-order valence-corrected chi connectivity index (χ3v) is 0.845. The smallest absolute Gasteiger partial charge is 0.487 e. The van der Waals surface area contributed by atoms with Crippen molar-refractivity contribution in [2.45, 2.75) is 0 Å². The van der Waals surface area contributed by atoms with E-state index in [1.54, 1.807) is 7.11 Å². The number of ether oxygens (including phenoxy) is 1. The SMILES string of the molecule is COCCO[SiH]=O. The van der Waals surface area contributed by atoms with Crippen LogP contribution in [0.1, 0.15) is 0 Å². The van der Waals surface area contributed by atoms with Gasteiger partial charge in [0.25, 0.3) is 0 Å². The van der Waals surface area contributed by atoms with E-state index in [0.29, 0.717) is 13.2 Å². The number of hydrogen-bond acceptors (Lipinski definition) is 3. The molecule has 3 nitrogen and oxygen atoms in total. The van der Waals surface area contributed by atoms with Gasteiger partial charge < -0.3 is 13.6 Å². The van der Waals surface area contributed by atoms with Gasteiger partial charge in [-0.25, -0.2) is 0 Å². The van der Waals surface area contributed by atoms with Gasteiger partial charge in [-0.1, -0.05) is 0 Å². The summed E-state index contributed by atoms with van der Waals surface area (Å²) in [4.78, 5) is 0. The Kier molecular flexibility index (Phi) is 5.59. The second kappa shape index (κ2) is 5.78. The first-order valence-electron chi connectivity index (χ1n) is 1.96. The lowest BCUT2D eigenvalue weighted by Crippen LogP contribution is -1.99. The number of hydrogen-bond donors (Lipinski definition) is 0. The molecule has 7 heavy (non-hydrogen) atoms. The molecule has 0 saturated carbocycles. The first-order valence-corrected chi connectivity index (χ1v) is 2.90. The zero-order chi connectivity index (χ0) is 5.54. The summed E-state index contributed by atoms with van der Waals surface area (Å²) in [5.41, 5.74) is 0. The second-order valence-electron chi connectivity index (χ2n) is 0.960. The predicted octanol–water partition coefficient (Wildman–Crippen LogP) is -0.654. The molecule has 0 aromatic rings. The summed E-state index contributed by atoms with van der Waals surface area (Å²) < 4.78 is 18.7. The molecule has 0 unspecified atom stereocenters. The van der Waals surface area contributed by atoms with E-state index in [-0.39, 0.29) is 0 Å². The first kappa shape index (κ1) is 6.78. The van der Waals surface area contributed by atoms with Crippen molar-refractivity contribution in [1.82, 2.24) is 0 Å². The van der Waals surface area contributed by atoms with Crippen molar-refractivity contribution >= 4 is 9.65 Å². The second-order valence-corrected chi connectivity index (χ2v) is 1.49. The van der Waals surface area contributed by atoms with Crippen LogP contribution in [-0.4, -0.2) is 30.0 Å². The fourth-order valence-electron chi connectivity index (χ4n) is 0.180. The van der Waals surface area contributed by atoms with Crippen LogP contribution >= 0.6 is 0 Å². The van der Waals surface area contributed by atoms with Gasteiger partial charge in [-0.3, -0.25) is 0 Å². The minimum absolute atomic E-state index is 0.440. The highest BCUT2D eigenvalue weighted by Crippen LogP contribution is 1.66. The summed E-state index contributed by atoms with van der Waals surface area (Å²) in [6, 6.07) is 0. The van der Waals surface area contributed by atoms with E-state index in [9.17, 15) is 4.46 Å². The van der Waals surface area contributed by atoms with E-state index in [2.05, 4.69) is 9.16 Å². The molecule has 0 aromatic carbocycles. The van der Waals surface area contributed by atoms with Gasteiger partial charge in [0.15, 0.2) is 0 Å². The molecule has 0 spiro atoms. The monoisotopic (exact) mass is 120 g/mol. The Labute approximate surface area is 44.6 Å². The maximum absolute atomic E-state index is 9.61. The molecule has 0 aliphatic rings. The van der Waals surface area contributed by atoms with Gasteiger partial charge in [-0.05, 0) is 0 Å². The summed E-state index contributed by atoms with van der Waals surface area (Å²) in [5.74, 6) is 0. The highest BCUT2D eigenvalue weighted by molar-refractivity contribution is 6.06. The van der Waals surface area contributed by atoms with Crippen LogP contribution in [0.5, 0.6) is 0 Å². The lowest BCUT2D eigenvalue weighted by Gasteiger charge is -1.93. The fraction of sp³-hybridized carbons (Fsp3) is 1.00. The van der Waals surface area contributed by atoms with Gasteiger partial charge in [-0.15, -0.1) is 0 Å². The molecule has 0 aliphatic carbocycles. The Balaban J connectivity index is 2.56. The molecule has 0 aliphatic heterocycles. The van der Waals surface area contributed by atoms with Crippen LogP contribution in [0.2, 0.25) is 0 Å². The normalized spacial score (nSPS) is 8.14. The zero-order valence-electron chi connectivity index (χ0n) is 4.22. The Morgan fingerprint density at radius 1 is 1.57 bits per heavy atom. The minimum Gasteiger partial charge on any atom is -0.523 e. The molecule has 0 aromatic heterocycles. The van der Waals surface area contributed by atoms with Crippen molar-refractivity contribution in [2.75, 3.05) is 20.3 Å². The van der Waals surface area contributed by atoms with Gasteiger partial charge >= 0.3 is 9.65 Å². The van der Waals surface area contributed by atoms with Crippen LogP contribution < -0.4 is 0 Å². The van der Waals surface area contributed by atoms with Gasteiger partial charge in [0.2, 0.25) is 0 Å². The maximum atomic E-state index is 9.61. The van der Waals surface area contributed by atoms with Crippen LogP contribution in [0.3, 0.4) is 0 Å². The van der Waals surface area contributed by atoms with Crippen molar-refractivity contribution in [2.24, 2.45) is 0 Å². The molecule has 0 bridgehead atoms. The standard InChI is InChI=1S/C3H8O3Si/c1-5-2-3-6-7-4/h7H,2-3H2,1H3. The molecule has 0 radical (unpaired) electrons. The predicted molar refractivity (Wildman–Crippen MR) is 25.7 cm³/mol. The quantitative estimate of drug-likeness (QED) is 0.365. The Hall–Kier alpha value is -0.223. The molecule has 0 fully saturated rings. The molecular weight excluding hydrogens is 112 g/mol. The first-order chi connectivity index (χ1) is 3.41. The molecule has 0 amide bonds. The van der Waals surface area contributed by atoms with E-state index in [0.717, 1.165) is 0 Å². The maximum Gasteiger partial charge on any atom is 0.487 e. The zero-order valence-corrected chi connectivity index (χ0v) is 5.37. The Morgan fingerprint density at radius 2 is 2.29 bits per heavy atom. The largest absolute Gasteiger partial charge is 0.523 e. The van der Waals surface area contributed by atoms with E-state index in [1.165, 1.54) is 0 Å². The molecule has 0 rings (SSSR count). The van der Waals surface area contributed by atoms with Crippen molar-refractivity contribution < 1.29 is 13.6 Å². The van der Waals surface area contributed by atoms with Gasteiger partial charge in [0.05, 0.1) is 13.2 Å². The summed E-state index contributed by atoms with van der Waals surface area (Å²) in [6.07, 6.45) is 0. The van der Waals surface area contributed by atoms with Crippen LogP contribution in [-0.2, 0) is 13.6 Å². The molecular formula is C3H8O3Si. The molecule has 0 heterocycles. The molecule has 0 saturated heterocycles. The van der Waals surface area contributed by atoms with Crippen molar-refractivity contribution in [3.8, 4) is 0 Å². The van der Waals surface area contributed by atoms with Gasteiger partial charge in [-0.2, -0.15) is 0 Å². The lowest BCUT2D eigenvalue weighted by atomic mass is 10.8. The van der Waals surface area contributed by atoms with E-state index < -0.39 is 9.65 Å². The Morgan fingerprint density at radius 3 is 2.71 bits per heavy atom. The van der Waals surface area contributed by atoms with Crippen molar-refractivity contribution in [3.05, 3.63) is 0 Å². The van der Waals surface area contributed by atoms with Crippen LogP contribution in [0.4, 0.5) is 0 Å². The molecule has 4 heteroatoms. The number of methoxy groups -OCH3 is 1. The van der Waals surface area contributed by atoms with Crippen molar-refractivity contribution in [1.29, 1.82) is 0 Å². The minimum atomic E-state index is -1.05. The molecule has 0 atom stereocenters. The van der Waals surface area contributed by atoms with E-state index >= 15 is 0 Å². The molecule has 42 valence electrons. The van der Waals surface area contributed by atoms with Crippen LogP contribution in [0.15, 0.2) is 0 Å². The topological polar surface area (TPSA) is 35.5 Å². The highest BCUT2D eigenvalue weighted by atomic mass is 28.2. The summed E-state index contributed by atoms with van der Waals surface area (Å²) >= 11 is 0. The summed E-state index contributed by atoms with van der Waals surface area (Å²) in [6.45, 7) is 0.963.